The van der Waals surface area contributed by atoms with Crippen LogP contribution in [0.3, 0.4) is 0 Å². The van der Waals surface area contributed by atoms with Gasteiger partial charge in [0.05, 0.1) is 12.3 Å². The van der Waals surface area contributed by atoms with Crippen molar-refractivity contribution in [3.05, 3.63) is 65.5 Å². The number of nitrogens with one attached hydrogen (secondary N) is 1. The molecule has 1 aromatic heterocycles. The zero-order chi connectivity index (χ0) is 21.5. The van der Waals surface area contributed by atoms with Gasteiger partial charge in [0.2, 0.25) is 0 Å². The Balaban J connectivity index is 1.35. The minimum Gasteiger partial charge on any atom is -0.482 e. The van der Waals surface area contributed by atoms with Gasteiger partial charge in [-0.3, -0.25) is 15.3 Å². The van der Waals surface area contributed by atoms with E-state index in [1.165, 1.54) is 31.2 Å². The van der Waals surface area contributed by atoms with Crippen molar-refractivity contribution in [2.24, 2.45) is 11.8 Å². The quantitative estimate of drug-likeness (QED) is 0.583. The SMILES string of the molecule is O=C(O)COc1cccc2c1CCC(CONC(=CC1CCCC1)c1cccnc1)C2. The molecule has 6 heteroatoms. The van der Waals surface area contributed by atoms with E-state index in [0.717, 1.165) is 36.1 Å². The van der Waals surface area contributed by atoms with Crippen molar-refractivity contribution >= 4 is 11.7 Å². The second-order valence-corrected chi connectivity index (χ2v) is 8.46. The maximum absolute atomic E-state index is 10.8. The zero-order valence-electron chi connectivity index (χ0n) is 17.8. The molecule has 0 bridgehead atoms. The van der Waals surface area contributed by atoms with Gasteiger partial charge in [0.1, 0.15) is 5.75 Å². The zero-order valence-corrected chi connectivity index (χ0v) is 17.8. The summed E-state index contributed by atoms with van der Waals surface area (Å²) in [6, 6.07) is 9.89. The lowest BCUT2D eigenvalue weighted by Gasteiger charge is -2.26. The molecule has 1 atom stereocenters. The molecule has 0 amide bonds. The van der Waals surface area contributed by atoms with Crippen LogP contribution in [-0.4, -0.2) is 29.3 Å². The summed E-state index contributed by atoms with van der Waals surface area (Å²) in [7, 11) is 0. The number of aliphatic carboxylic acids is 1. The normalized spacial score (nSPS) is 19.1. The van der Waals surface area contributed by atoms with Crippen molar-refractivity contribution in [1.29, 1.82) is 0 Å². The molecule has 31 heavy (non-hydrogen) atoms. The Hall–Kier alpha value is -2.86. The van der Waals surface area contributed by atoms with Crippen molar-refractivity contribution in [3.8, 4) is 5.75 Å². The Bertz CT molecular complexity index is 907. The highest BCUT2D eigenvalue weighted by atomic mass is 16.6. The lowest BCUT2D eigenvalue weighted by Crippen LogP contribution is -2.24. The molecular weight excluding hydrogens is 392 g/mol. The summed E-state index contributed by atoms with van der Waals surface area (Å²) in [5, 5.41) is 8.88. The molecule has 0 aliphatic heterocycles. The van der Waals surface area contributed by atoms with Crippen LogP contribution in [0.4, 0.5) is 0 Å². The Morgan fingerprint density at radius 3 is 2.84 bits per heavy atom. The van der Waals surface area contributed by atoms with Crippen LogP contribution in [0.25, 0.3) is 5.70 Å². The molecule has 2 aliphatic rings. The van der Waals surface area contributed by atoms with Crippen LogP contribution in [0.15, 0.2) is 48.8 Å². The predicted molar refractivity (Wildman–Crippen MR) is 118 cm³/mol. The van der Waals surface area contributed by atoms with Crippen LogP contribution in [-0.2, 0) is 22.5 Å². The first-order chi connectivity index (χ1) is 15.2. The first-order valence-corrected chi connectivity index (χ1v) is 11.1. The monoisotopic (exact) mass is 422 g/mol. The van der Waals surface area contributed by atoms with Crippen LogP contribution in [0.5, 0.6) is 5.75 Å². The number of fused-ring (bicyclic) bond motifs is 1. The number of benzene rings is 1. The van der Waals surface area contributed by atoms with Gasteiger partial charge in [-0.25, -0.2) is 4.79 Å². The molecule has 0 radical (unpaired) electrons. The van der Waals surface area contributed by atoms with Crippen LogP contribution in [0, 0.1) is 11.8 Å². The molecule has 0 spiro atoms. The standard InChI is InChI=1S/C25H30N2O4/c28-25(29)17-30-24-9-3-7-20-13-19(10-11-22(20)24)16-31-27-23(14-18-5-1-2-6-18)21-8-4-12-26-15-21/h3-4,7-9,12,14-15,18-19,27H,1-2,5-6,10-11,13,16-17H2,(H,28,29). The molecule has 0 saturated heterocycles. The fraction of sp³-hybridized carbons (Fsp3) is 0.440. The van der Waals surface area contributed by atoms with Gasteiger partial charge >= 0.3 is 5.97 Å². The van der Waals surface area contributed by atoms with Gasteiger partial charge in [0, 0.05) is 18.0 Å². The van der Waals surface area contributed by atoms with Crippen molar-refractivity contribution in [2.75, 3.05) is 13.2 Å². The highest BCUT2D eigenvalue weighted by Gasteiger charge is 2.22. The van der Waals surface area contributed by atoms with Gasteiger partial charge in [-0.1, -0.05) is 31.1 Å². The number of carboxylic acid groups (broad SMARTS) is 1. The first-order valence-electron chi connectivity index (χ1n) is 11.1. The number of hydroxylamine groups is 1. The molecule has 1 aromatic carbocycles. The minimum absolute atomic E-state index is 0.308. The molecule has 2 N–H and O–H groups in total. The summed E-state index contributed by atoms with van der Waals surface area (Å²) >= 11 is 0. The molecule has 2 aliphatic carbocycles. The van der Waals surface area contributed by atoms with Crippen molar-refractivity contribution in [2.45, 2.75) is 44.9 Å². The fourth-order valence-corrected chi connectivity index (χ4v) is 4.57. The third-order valence-electron chi connectivity index (χ3n) is 6.17. The molecule has 1 saturated carbocycles. The third kappa shape index (κ3) is 5.85. The lowest BCUT2D eigenvalue weighted by molar-refractivity contribution is -0.139. The topological polar surface area (TPSA) is 80.7 Å². The van der Waals surface area contributed by atoms with Gasteiger partial charge in [0.15, 0.2) is 6.61 Å². The molecule has 1 unspecified atom stereocenters. The number of carbonyl (C=O) groups is 1. The summed E-state index contributed by atoms with van der Waals surface area (Å²) < 4.78 is 5.47. The second-order valence-electron chi connectivity index (χ2n) is 8.46. The number of carboxylic acids is 1. The molecule has 4 rings (SSSR count). The number of aromatic nitrogens is 1. The van der Waals surface area contributed by atoms with E-state index >= 15 is 0 Å². The number of hydrogen-bond donors (Lipinski definition) is 2. The molecule has 164 valence electrons. The minimum atomic E-state index is -0.958. The predicted octanol–water partition coefficient (Wildman–Crippen LogP) is 4.40. The van der Waals surface area contributed by atoms with E-state index in [2.05, 4.69) is 28.7 Å². The smallest absolute Gasteiger partial charge is 0.341 e. The number of allylic oxidation sites excluding steroid dienone is 1. The number of rotatable bonds is 9. The van der Waals surface area contributed by atoms with Crippen LogP contribution in [0.2, 0.25) is 0 Å². The van der Waals surface area contributed by atoms with E-state index in [1.807, 2.05) is 24.4 Å². The van der Waals surface area contributed by atoms with E-state index in [-0.39, 0.29) is 6.61 Å². The summed E-state index contributed by atoms with van der Waals surface area (Å²) in [6.45, 7) is 0.305. The number of pyridine rings is 1. The Morgan fingerprint density at radius 1 is 1.19 bits per heavy atom. The van der Waals surface area contributed by atoms with E-state index < -0.39 is 5.97 Å². The van der Waals surface area contributed by atoms with E-state index in [4.69, 9.17) is 14.7 Å². The highest BCUT2D eigenvalue weighted by Crippen LogP contribution is 2.32. The Morgan fingerprint density at radius 2 is 2.06 bits per heavy atom. The molecule has 2 aromatic rings. The van der Waals surface area contributed by atoms with Gasteiger partial charge in [-0.05, 0) is 73.3 Å². The van der Waals surface area contributed by atoms with Crippen LogP contribution >= 0.6 is 0 Å². The van der Waals surface area contributed by atoms with Crippen molar-refractivity contribution in [3.63, 3.8) is 0 Å². The number of hydrogen-bond acceptors (Lipinski definition) is 5. The van der Waals surface area contributed by atoms with Gasteiger partial charge in [-0.2, -0.15) is 0 Å². The molecule has 6 nitrogen and oxygen atoms in total. The van der Waals surface area contributed by atoms with E-state index in [9.17, 15) is 4.79 Å². The third-order valence-corrected chi connectivity index (χ3v) is 6.17. The second kappa shape index (κ2) is 10.4. The molecule has 1 fully saturated rings. The first kappa shape index (κ1) is 21.4. The summed E-state index contributed by atoms with van der Waals surface area (Å²) in [5.74, 6) is 0.727. The van der Waals surface area contributed by atoms with Crippen molar-refractivity contribution < 1.29 is 19.5 Å². The van der Waals surface area contributed by atoms with Crippen LogP contribution < -0.4 is 10.2 Å². The average Bonchev–Trinajstić information content (AvgIpc) is 3.30. The lowest BCUT2D eigenvalue weighted by atomic mass is 9.84. The largest absolute Gasteiger partial charge is 0.482 e. The van der Waals surface area contributed by atoms with Gasteiger partial charge in [-0.15, -0.1) is 0 Å². The summed E-state index contributed by atoms with van der Waals surface area (Å²) in [6.07, 6.45) is 13.8. The van der Waals surface area contributed by atoms with Crippen LogP contribution in [0.1, 0.15) is 48.8 Å². The Kier molecular flexibility index (Phi) is 7.20. The van der Waals surface area contributed by atoms with E-state index in [1.54, 1.807) is 6.20 Å². The number of nitrogens with zero attached hydrogens (tertiary/aromatic N) is 1. The Labute approximate surface area is 183 Å². The van der Waals surface area contributed by atoms with Gasteiger partial charge in [0.25, 0.3) is 0 Å². The maximum atomic E-state index is 10.8. The van der Waals surface area contributed by atoms with Crippen molar-refractivity contribution in [1.82, 2.24) is 10.5 Å². The summed E-state index contributed by atoms with van der Waals surface area (Å²) in [5.41, 5.74) is 7.60. The molecule has 1 heterocycles. The van der Waals surface area contributed by atoms with E-state index in [0.29, 0.717) is 24.2 Å². The van der Waals surface area contributed by atoms with Gasteiger partial charge < -0.3 is 9.84 Å². The molecular formula is C25H30N2O4. The number of ether oxygens (including phenoxy) is 1. The fourth-order valence-electron chi connectivity index (χ4n) is 4.57. The highest BCUT2D eigenvalue weighted by molar-refractivity contribution is 5.68. The summed E-state index contributed by atoms with van der Waals surface area (Å²) in [4.78, 5) is 21.0. The average molecular weight is 423 g/mol. The maximum Gasteiger partial charge on any atom is 0.341 e.